The van der Waals surface area contributed by atoms with Crippen LogP contribution >= 0.6 is 0 Å². The fourth-order valence-electron chi connectivity index (χ4n) is 1.20. The Balaban J connectivity index is 3.17. The second-order valence-corrected chi connectivity index (χ2v) is 2.84. The van der Waals surface area contributed by atoms with Crippen LogP contribution < -0.4 is 0 Å². The van der Waals surface area contributed by atoms with Crippen LogP contribution in [0.3, 0.4) is 0 Å². The van der Waals surface area contributed by atoms with Crippen LogP contribution in [0.1, 0.15) is 0 Å². The molecule has 0 bridgehead atoms. The van der Waals surface area contributed by atoms with E-state index < -0.39 is 17.9 Å². The zero-order chi connectivity index (χ0) is 11.6. The van der Waals surface area contributed by atoms with Crippen molar-refractivity contribution in [2.45, 2.75) is 6.04 Å². The fraction of sp³-hybridized carbons (Fsp3) is 0.429. The molecular formula is C7H8N6O2. The number of carbonyl (C=O) groups excluding carboxylic acids is 2. The van der Waals surface area contributed by atoms with Crippen LogP contribution in [0.15, 0.2) is 10.1 Å². The predicted octanol–water partition coefficient (Wildman–Crippen LogP) is -0.847. The summed E-state index contributed by atoms with van der Waals surface area (Å²) in [6, 6.07) is -1.36. The molecule has 0 radical (unpaired) electrons. The summed E-state index contributed by atoms with van der Waals surface area (Å²) in [5.74, 6) is -1.39. The molecule has 1 aliphatic rings. The van der Waals surface area contributed by atoms with Gasteiger partial charge in [-0.25, -0.2) is 5.53 Å². The minimum atomic E-state index is -1.36. The number of aliphatic imine (C=N–C) groups is 1. The van der Waals surface area contributed by atoms with Crippen molar-refractivity contribution in [2.75, 3.05) is 14.1 Å². The van der Waals surface area contributed by atoms with Gasteiger partial charge in [-0.2, -0.15) is 10.4 Å². The molecule has 15 heavy (non-hydrogen) atoms. The normalized spacial score (nSPS) is 21.4. The van der Waals surface area contributed by atoms with Crippen LogP contribution in [0, 0.1) is 17.0 Å². The molecule has 1 heterocycles. The first-order valence-corrected chi connectivity index (χ1v) is 3.93. The molecule has 0 aromatic rings. The molecule has 0 atom stereocenters. The van der Waals surface area contributed by atoms with Crippen LogP contribution in [-0.4, -0.2) is 47.7 Å². The van der Waals surface area contributed by atoms with Crippen LogP contribution in [0.5, 0.6) is 0 Å². The zero-order valence-electron chi connectivity index (χ0n) is 8.13. The maximum atomic E-state index is 11.5. The molecule has 8 nitrogen and oxygen atoms in total. The van der Waals surface area contributed by atoms with Gasteiger partial charge >= 0.3 is 0 Å². The van der Waals surface area contributed by atoms with Gasteiger partial charge < -0.3 is 0 Å². The molecule has 0 aliphatic carbocycles. The SMILES string of the molecule is CN1C(=O)C(N=N)C(=O)N(C)C1=NC#N. The smallest absolute Gasteiger partial charge is 0.265 e. The van der Waals surface area contributed by atoms with Crippen molar-refractivity contribution in [1.82, 2.24) is 9.80 Å². The van der Waals surface area contributed by atoms with Crippen molar-refractivity contribution in [1.29, 1.82) is 10.8 Å². The van der Waals surface area contributed by atoms with E-state index in [-0.39, 0.29) is 5.96 Å². The molecule has 1 aliphatic heterocycles. The molecule has 0 aromatic carbocycles. The summed E-state index contributed by atoms with van der Waals surface area (Å²) >= 11 is 0. The third-order valence-corrected chi connectivity index (χ3v) is 2.01. The number of carbonyl (C=O) groups is 2. The van der Waals surface area contributed by atoms with Crippen molar-refractivity contribution in [2.24, 2.45) is 10.1 Å². The minimum absolute atomic E-state index is 0.0626. The van der Waals surface area contributed by atoms with E-state index in [2.05, 4.69) is 10.1 Å². The summed E-state index contributed by atoms with van der Waals surface area (Å²) < 4.78 is 0. The summed E-state index contributed by atoms with van der Waals surface area (Å²) in [5.41, 5.74) is 6.73. The third kappa shape index (κ3) is 1.54. The van der Waals surface area contributed by atoms with Crippen molar-refractivity contribution >= 4 is 17.8 Å². The summed E-state index contributed by atoms with van der Waals surface area (Å²) in [6.45, 7) is 0. The zero-order valence-corrected chi connectivity index (χ0v) is 8.13. The Morgan fingerprint density at radius 3 is 2.13 bits per heavy atom. The molecule has 0 spiro atoms. The van der Waals surface area contributed by atoms with Crippen molar-refractivity contribution < 1.29 is 9.59 Å². The van der Waals surface area contributed by atoms with Crippen LogP contribution in [0.4, 0.5) is 0 Å². The lowest BCUT2D eigenvalue weighted by molar-refractivity contribution is -0.141. The molecule has 8 heteroatoms. The number of hydrogen-bond donors (Lipinski definition) is 1. The van der Waals surface area contributed by atoms with Crippen molar-refractivity contribution in [3.05, 3.63) is 0 Å². The third-order valence-electron chi connectivity index (χ3n) is 2.01. The number of hydrogen-bond acceptors (Lipinski definition) is 6. The lowest BCUT2D eigenvalue weighted by Gasteiger charge is -2.32. The predicted molar refractivity (Wildman–Crippen MR) is 47.5 cm³/mol. The van der Waals surface area contributed by atoms with Crippen molar-refractivity contribution in [3.8, 4) is 6.19 Å². The molecule has 0 aromatic heterocycles. The highest BCUT2D eigenvalue weighted by atomic mass is 16.2. The van der Waals surface area contributed by atoms with Gasteiger partial charge in [0.05, 0.1) is 0 Å². The molecule has 1 N–H and O–H groups in total. The maximum Gasteiger partial charge on any atom is 0.265 e. The highest BCUT2D eigenvalue weighted by Gasteiger charge is 2.41. The van der Waals surface area contributed by atoms with E-state index in [0.29, 0.717) is 0 Å². The quantitative estimate of drug-likeness (QED) is 0.344. The Labute approximate surface area is 85.3 Å². The lowest BCUT2D eigenvalue weighted by Crippen LogP contribution is -2.59. The van der Waals surface area contributed by atoms with Crippen molar-refractivity contribution in [3.63, 3.8) is 0 Å². The van der Waals surface area contributed by atoms with Gasteiger partial charge in [-0.05, 0) is 0 Å². The molecule has 0 saturated carbocycles. The Morgan fingerprint density at radius 2 is 1.80 bits per heavy atom. The Morgan fingerprint density at radius 1 is 1.33 bits per heavy atom. The second-order valence-electron chi connectivity index (χ2n) is 2.84. The molecule has 0 unspecified atom stereocenters. The van der Waals surface area contributed by atoms with Gasteiger partial charge in [0.1, 0.15) is 0 Å². The van der Waals surface area contributed by atoms with Crippen LogP contribution in [-0.2, 0) is 9.59 Å². The van der Waals surface area contributed by atoms with Gasteiger partial charge in [0.2, 0.25) is 18.2 Å². The van der Waals surface area contributed by atoms with E-state index in [4.69, 9.17) is 10.8 Å². The first-order chi connectivity index (χ1) is 7.04. The largest absolute Gasteiger partial charge is 0.282 e. The Kier molecular flexibility index (Phi) is 2.75. The van der Waals surface area contributed by atoms with Gasteiger partial charge in [-0.1, -0.05) is 0 Å². The number of likely N-dealkylation sites (N-methyl/N-ethyl adjacent to an activating group) is 2. The van der Waals surface area contributed by atoms with Crippen LogP contribution in [0.2, 0.25) is 0 Å². The molecule has 1 fully saturated rings. The summed E-state index contributed by atoms with van der Waals surface area (Å²) in [7, 11) is 2.72. The van der Waals surface area contributed by atoms with Gasteiger partial charge in [-0.15, -0.1) is 4.99 Å². The lowest BCUT2D eigenvalue weighted by atomic mass is 10.2. The van der Waals surface area contributed by atoms with E-state index in [9.17, 15) is 9.59 Å². The second kappa shape index (κ2) is 3.83. The highest BCUT2D eigenvalue weighted by Crippen LogP contribution is 2.11. The summed E-state index contributed by atoms with van der Waals surface area (Å²) in [4.78, 5) is 28.3. The average molecular weight is 208 g/mol. The molecule has 1 rings (SSSR count). The monoisotopic (exact) mass is 208 g/mol. The van der Waals surface area contributed by atoms with Crippen LogP contribution in [0.25, 0.3) is 0 Å². The standard InChI is InChI=1S/C7H8N6O2/c1-12-5(14)4(11-9)6(15)13(2)7(12)10-3-8/h4,9H,1-2H3. The van der Waals surface area contributed by atoms with E-state index in [1.807, 2.05) is 0 Å². The van der Waals surface area contributed by atoms with Gasteiger partial charge in [0.15, 0.2) is 0 Å². The topological polar surface area (TPSA) is 113 Å². The first-order valence-electron chi connectivity index (χ1n) is 3.93. The number of nitrogens with zero attached hydrogens (tertiary/aromatic N) is 5. The Bertz CT molecular complexity index is 371. The fourth-order valence-corrected chi connectivity index (χ4v) is 1.20. The van der Waals surface area contributed by atoms with E-state index in [1.165, 1.54) is 20.3 Å². The van der Waals surface area contributed by atoms with E-state index in [1.54, 1.807) is 0 Å². The minimum Gasteiger partial charge on any atom is -0.282 e. The molecular weight excluding hydrogens is 200 g/mol. The van der Waals surface area contributed by atoms with Gasteiger partial charge in [-0.3, -0.25) is 19.4 Å². The van der Waals surface area contributed by atoms with E-state index >= 15 is 0 Å². The highest BCUT2D eigenvalue weighted by molar-refractivity contribution is 6.19. The maximum absolute atomic E-state index is 11.5. The summed E-state index contributed by atoms with van der Waals surface area (Å²) in [5, 5.41) is 11.3. The number of amides is 2. The molecule has 78 valence electrons. The molecule has 1 saturated heterocycles. The average Bonchev–Trinajstić information content (AvgIpc) is 2.23. The Hall–Kier alpha value is -2.30. The van der Waals surface area contributed by atoms with Gasteiger partial charge in [0, 0.05) is 14.1 Å². The number of rotatable bonds is 1. The number of nitrogens with one attached hydrogen (secondary N) is 1. The first kappa shape index (κ1) is 10.8. The van der Waals surface area contributed by atoms with Gasteiger partial charge in [0.25, 0.3) is 11.8 Å². The number of guanidine groups is 1. The molecule has 2 amide bonds. The summed E-state index contributed by atoms with van der Waals surface area (Å²) in [6.07, 6.45) is 1.49. The number of nitriles is 1. The van der Waals surface area contributed by atoms with E-state index in [0.717, 1.165) is 9.80 Å².